The zero-order chi connectivity index (χ0) is 14.0. The van der Waals surface area contributed by atoms with Gasteiger partial charge in [0.25, 0.3) is 0 Å². The minimum atomic E-state index is -4.74. The molecule has 0 aliphatic carbocycles. The maximum absolute atomic E-state index is 12.1. The molecular formula is C12H9F3N2O2. The first-order valence-electron chi connectivity index (χ1n) is 5.28. The van der Waals surface area contributed by atoms with Crippen LogP contribution in [0.2, 0.25) is 0 Å². The standard InChI is InChI=1S/C12H9F3N2O2/c1-8-11(18)5-6-17(16-8)9-3-2-4-10(7-9)19-12(13,14)15/h2-7H,1H3. The Kier molecular flexibility index (Phi) is 3.28. The summed E-state index contributed by atoms with van der Waals surface area (Å²) >= 11 is 0. The molecule has 0 aliphatic heterocycles. The van der Waals surface area contributed by atoms with Gasteiger partial charge in [-0.15, -0.1) is 13.2 Å². The van der Waals surface area contributed by atoms with Crippen LogP contribution in [0.5, 0.6) is 5.75 Å². The van der Waals surface area contributed by atoms with Gasteiger partial charge in [-0.1, -0.05) is 6.07 Å². The largest absolute Gasteiger partial charge is 0.573 e. The van der Waals surface area contributed by atoms with Crippen LogP contribution in [-0.2, 0) is 0 Å². The lowest BCUT2D eigenvalue weighted by atomic mass is 10.3. The molecule has 0 aliphatic rings. The molecular weight excluding hydrogens is 261 g/mol. The van der Waals surface area contributed by atoms with Gasteiger partial charge >= 0.3 is 6.36 Å². The summed E-state index contributed by atoms with van der Waals surface area (Å²) in [6.07, 6.45) is -3.37. The molecule has 1 aromatic heterocycles. The Labute approximate surface area is 106 Å². The van der Waals surface area contributed by atoms with Crippen LogP contribution in [0.15, 0.2) is 41.3 Å². The summed E-state index contributed by atoms with van der Waals surface area (Å²) in [6, 6.07) is 6.63. The van der Waals surface area contributed by atoms with E-state index in [0.717, 1.165) is 0 Å². The lowest BCUT2D eigenvalue weighted by molar-refractivity contribution is -0.274. The van der Waals surface area contributed by atoms with Gasteiger partial charge in [-0.05, 0) is 19.1 Å². The Hall–Kier alpha value is -2.31. The number of benzene rings is 1. The van der Waals surface area contributed by atoms with Crippen LogP contribution in [-0.4, -0.2) is 16.1 Å². The van der Waals surface area contributed by atoms with Gasteiger partial charge in [0.2, 0.25) is 5.43 Å². The Balaban J connectivity index is 2.37. The summed E-state index contributed by atoms with van der Waals surface area (Å²) in [5.74, 6) is -0.344. The lowest BCUT2D eigenvalue weighted by Crippen LogP contribution is -2.17. The van der Waals surface area contributed by atoms with Gasteiger partial charge in [0.15, 0.2) is 0 Å². The zero-order valence-corrected chi connectivity index (χ0v) is 9.81. The van der Waals surface area contributed by atoms with E-state index >= 15 is 0 Å². The van der Waals surface area contributed by atoms with Gasteiger partial charge in [0, 0.05) is 18.3 Å². The molecule has 2 aromatic rings. The van der Waals surface area contributed by atoms with Gasteiger partial charge in [0.05, 0.1) is 5.69 Å². The SMILES string of the molecule is Cc1nn(-c2cccc(OC(F)(F)F)c2)ccc1=O. The van der Waals surface area contributed by atoms with Crippen LogP contribution < -0.4 is 10.2 Å². The van der Waals surface area contributed by atoms with Gasteiger partial charge in [-0.3, -0.25) is 4.79 Å². The smallest absolute Gasteiger partial charge is 0.406 e. The molecule has 0 amide bonds. The Morgan fingerprint density at radius 1 is 1.26 bits per heavy atom. The fourth-order valence-corrected chi connectivity index (χ4v) is 1.47. The fraction of sp³-hybridized carbons (Fsp3) is 0.167. The fourth-order valence-electron chi connectivity index (χ4n) is 1.47. The van der Waals surface area contributed by atoms with Crippen LogP contribution >= 0.6 is 0 Å². The number of ether oxygens (including phenoxy) is 1. The number of nitrogens with zero attached hydrogens (tertiary/aromatic N) is 2. The number of rotatable bonds is 2. The van der Waals surface area contributed by atoms with Crippen LogP contribution in [0.25, 0.3) is 5.69 Å². The van der Waals surface area contributed by atoms with Crippen molar-refractivity contribution in [1.82, 2.24) is 9.78 Å². The molecule has 4 nitrogen and oxygen atoms in total. The second kappa shape index (κ2) is 4.75. The van der Waals surface area contributed by atoms with Gasteiger partial charge < -0.3 is 4.74 Å². The van der Waals surface area contributed by atoms with Crippen LogP contribution in [0.4, 0.5) is 13.2 Å². The molecule has 0 spiro atoms. The maximum atomic E-state index is 12.1. The molecule has 1 heterocycles. The summed E-state index contributed by atoms with van der Waals surface area (Å²) in [4.78, 5) is 11.2. The predicted octanol–water partition coefficient (Wildman–Crippen LogP) is 2.44. The van der Waals surface area contributed by atoms with Crippen LogP contribution in [0.1, 0.15) is 5.69 Å². The van der Waals surface area contributed by atoms with E-state index in [4.69, 9.17) is 0 Å². The minimum absolute atomic E-state index is 0.237. The molecule has 0 bridgehead atoms. The second-order valence-corrected chi connectivity index (χ2v) is 3.76. The highest BCUT2D eigenvalue weighted by atomic mass is 19.4. The average molecular weight is 270 g/mol. The normalized spacial score (nSPS) is 11.4. The van der Waals surface area contributed by atoms with Crippen molar-refractivity contribution in [3.05, 3.63) is 52.4 Å². The lowest BCUT2D eigenvalue weighted by Gasteiger charge is -2.11. The third kappa shape index (κ3) is 3.34. The van der Waals surface area contributed by atoms with Crippen molar-refractivity contribution in [2.75, 3.05) is 0 Å². The van der Waals surface area contributed by atoms with Crippen molar-refractivity contribution in [2.45, 2.75) is 13.3 Å². The third-order valence-electron chi connectivity index (χ3n) is 2.30. The van der Waals surface area contributed by atoms with Crippen molar-refractivity contribution < 1.29 is 17.9 Å². The summed E-state index contributed by atoms with van der Waals surface area (Å²) < 4.78 is 41.4. The number of aromatic nitrogens is 2. The maximum Gasteiger partial charge on any atom is 0.573 e. The van der Waals surface area contributed by atoms with Crippen LogP contribution in [0.3, 0.4) is 0 Å². The summed E-state index contributed by atoms with van der Waals surface area (Å²) in [7, 11) is 0. The topological polar surface area (TPSA) is 44.1 Å². The average Bonchev–Trinajstić information content (AvgIpc) is 2.31. The zero-order valence-electron chi connectivity index (χ0n) is 9.81. The van der Waals surface area contributed by atoms with E-state index < -0.39 is 6.36 Å². The first-order chi connectivity index (χ1) is 8.85. The van der Waals surface area contributed by atoms with E-state index in [9.17, 15) is 18.0 Å². The highest BCUT2D eigenvalue weighted by molar-refractivity contribution is 5.38. The molecule has 0 radical (unpaired) electrons. The number of halogens is 3. The summed E-state index contributed by atoms with van der Waals surface area (Å²) in [5.41, 5.74) is 0.383. The molecule has 100 valence electrons. The molecule has 0 unspecified atom stereocenters. The van der Waals surface area contributed by atoms with Crippen LogP contribution in [0, 0.1) is 6.92 Å². The van der Waals surface area contributed by atoms with E-state index in [-0.39, 0.29) is 16.9 Å². The molecule has 2 rings (SSSR count). The monoisotopic (exact) mass is 270 g/mol. The molecule has 19 heavy (non-hydrogen) atoms. The van der Waals surface area contributed by atoms with Crippen molar-refractivity contribution in [3.8, 4) is 11.4 Å². The summed E-state index contributed by atoms with van der Waals surface area (Å²) in [6.45, 7) is 1.52. The van der Waals surface area contributed by atoms with Crippen molar-refractivity contribution in [1.29, 1.82) is 0 Å². The molecule has 0 fully saturated rings. The van der Waals surface area contributed by atoms with E-state index in [1.807, 2.05) is 0 Å². The molecule has 0 saturated carbocycles. The third-order valence-corrected chi connectivity index (χ3v) is 2.30. The van der Waals surface area contributed by atoms with E-state index in [2.05, 4.69) is 9.84 Å². The Morgan fingerprint density at radius 3 is 2.63 bits per heavy atom. The Bertz CT molecular complexity index is 650. The highest BCUT2D eigenvalue weighted by Crippen LogP contribution is 2.24. The van der Waals surface area contributed by atoms with Crippen molar-refractivity contribution >= 4 is 0 Å². The Morgan fingerprint density at radius 2 is 2.00 bits per heavy atom. The van der Waals surface area contributed by atoms with Gasteiger partial charge in [-0.25, -0.2) is 4.68 Å². The minimum Gasteiger partial charge on any atom is -0.406 e. The number of hydrogen-bond acceptors (Lipinski definition) is 3. The number of aryl methyl sites for hydroxylation is 1. The summed E-state index contributed by atoms with van der Waals surface area (Å²) in [5, 5.41) is 3.95. The van der Waals surface area contributed by atoms with E-state index in [1.165, 1.54) is 42.1 Å². The van der Waals surface area contributed by atoms with E-state index in [1.54, 1.807) is 6.07 Å². The first-order valence-corrected chi connectivity index (χ1v) is 5.28. The second-order valence-electron chi connectivity index (χ2n) is 3.76. The number of alkyl halides is 3. The van der Waals surface area contributed by atoms with Gasteiger partial charge in [-0.2, -0.15) is 5.10 Å². The number of hydrogen-bond donors (Lipinski definition) is 0. The predicted molar refractivity (Wildman–Crippen MR) is 61.3 cm³/mol. The molecule has 0 N–H and O–H groups in total. The van der Waals surface area contributed by atoms with Crippen molar-refractivity contribution in [2.24, 2.45) is 0 Å². The molecule has 1 aromatic carbocycles. The molecule has 0 atom stereocenters. The quantitative estimate of drug-likeness (QED) is 0.841. The molecule has 0 saturated heterocycles. The highest BCUT2D eigenvalue weighted by Gasteiger charge is 2.31. The molecule has 7 heteroatoms. The van der Waals surface area contributed by atoms with Gasteiger partial charge in [0.1, 0.15) is 11.4 Å². The van der Waals surface area contributed by atoms with Crippen molar-refractivity contribution in [3.63, 3.8) is 0 Å². The van der Waals surface area contributed by atoms with E-state index in [0.29, 0.717) is 5.69 Å². The first kappa shape index (κ1) is 13.1.